The number of rotatable bonds is 4. The molecule has 4 rings (SSSR count). The first-order valence-electron chi connectivity index (χ1n) is 9.06. The van der Waals surface area contributed by atoms with Crippen molar-refractivity contribution in [2.24, 2.45) is 0 Å². The van der Waals surface area contributed by atoms with Gasteiger partial charge in [-0.2, -0.15) is 0 Å². The van der Waals surface area contributed by atoms with Gasteiger partial charge in [0.05, 0.1) is 21.3 Å². The Bertz CT molecular complexity index is 1330. The van der Waals surface area contributed by atoms with Crippen LogP contribution >= 0.6 is 35.4 Å². The highest BCUT2D eigenvalue weighted by Crippen LogP contribution is 2.34. The summed E-state index contributed by atoms with van der Waals surface area (Å²) in [7, 11) is 0. The van der Waals surface area contributed by atoms with Crippen molar-refractivity contribution in [3.05, 3.63) is 81.5 Å². The van der Waals surface area contributed by atoms with E-state index in [-0.39, 0.29) is 43.5 Å². The number of nitrogens with one attached hydrogen (secondary N) is 1. The van der Waals surface area contributed by atoms with Crippen LogP contribution in [0.5, 0.6) is 0 Å². The Labute approximate surface area is 196 Å². The fourth-order valence-corrected chi connectivity index (χ4v) is 3.80. The van der Waals surface area contributed by atoms with E-state index in [2.05, 4.69) is 5.32 Å². The molecule has 1 aliphatic rings. The highest BCUT2D eigenvalue weighted by atomic mass is 35.5. The fraction of sp³-hybridized carbons (Fsp3) is 0. The number of carbonyl (C=O) groups is 3. The van der Waals surface area contributed by atoms with Gasteiger partial charge in [0.15, 0.2) is 5.11 Å². The predicted octanol–water partition coefficient (Wildman–Crippen LogP) is 4.78. The second-order valence-electron chi connectivity index (χ2n) is 6.58. The molecule has 0 spiro atoms. The molecule has 3 aromatic rings. The molecule has 2 aromatic carbocycles. The van der Waals surface area contributed by atoms with Crippen LogP contribution in [0.4, 0.5) is 5.69 Å². The average Bonchev–Trinajstić information content (AvgIpc) is 3.22. The third-order valence-electron chi connectivity index (χ3n) is 4.61. The minimum atomic E-state index is -1.11. The van der Waals surface area contributed by atoms with Crippen molar-refractivity contribution in [3.63, 3.8) is 0 Å². The number of hydrogen-bond acceptors (Lipinski definition) is 5. The van der Waals surface area contributed by atoms with Crippen LogP contribution in [-0.2, 0) is 9.59 Å². The van der Waals surface area contributed by atoms with Crippen molar-refractivity contribution in [1.29, 1.82) is 0 Å². The van der Waals surface area contributed by atoms with E-state index in [9.17, 15) is 19.5 Å². The van der Waals surface area contributed by atoms with Gasteiger partial charge in [0.1, 0.15) is 17.1 Å². The number of amides is 2. The van der Waals surface area contributed by atoms with Gasteiger partial charge in [-0.1, -0.05) is 47.5 Å². The lowest BCUT2D eigenvalue weighted by Crippen LogP contribution is -2.54. The summed E-state index contributed by atoms with van der Waals surface area (Å²) in [6.45, 7) is 0. The van der Waals surface area contributed by atoms with E-state index >= 15 is 0 Å². The maximum absolute atomic E-state index is 13.1. The summed E-state index contributed by atoms with van der Waals surface area (Å²) in [5, 5.41) is 12.0. The van der Waals surface area contributed by atoms with Crippen LogP contribution in [0.2, 0.25) is 10.0 Å². The molecule has 2 heterocycles. The molecule has 2 amide bonds. The number of benzene rings is 2. The topological polar surface area (TPSA) is 99.9 Å². The first-order valence-corrected chi connectivity index (χ1v) is 10.2. The molecule has 1 aromatic heterocycles. The predicted molar refractivity (Wildman–Crippen MR) is 124 cm³/mol. The van der Waals surface area contributed by atoms with Crippen molar-refractivity contribution < 1.29 is 23.9 Å². The second-order valence-corrected chi connectivity index (χ2v) is 7.76. The maximum Gasteiger partial charge on any atom is 0.336 e. The zero-order valence-electron chi connectivity index (χ0n) is 16.0. The van der Waals surface area contributed by atoms with Gasteiger partial charge in [0, 0.05) is 5.56 Å². The number of thiocarbonyl (C=S) groups is 1. The van der Waals surface area contributed by atoms with E-state index < -0.39 is 17.8 Å². The van der Waals surface area contributed by atoms with Crippen LogP contribution in [0.25, 0.3) is 17.4 Å². The van der Waals surface area contributed by atoms with Crippen molar-refractivity contribution >= 4 is 70.1 Å². The molecule has 160 valence electrons. The molecule has 32 heavy (non-hydrogen) atoms. The zero-order valence-corrected chi connectivity index (χ0v) is 18.3. The van der Waals surface area contributed by atoms with Gasteiger partial charge < -0.3 is 9.52 Å². The number of aromatic carboxylic acids is 1. The van der Waals surface area contributed by atoms with Gasteiger partial charge in [0.25, 0.3) is 11.8 Å². The maximum atomic E-state index is 13.1. The van der Waals surface area contributed by atoms with Gasteiger partial charge in [-0.3, -0.25) is 19.8 Å². The molecule has 0 bridgehead atoms. The largest absolute Gasteiger partial charge is 0.478 e. The van der Waals surface area contributed by atoms with Crippen molar-refractivity contribution in [1.82, 2.24) is 5.32 Å². The second kappa shape index (κ2) is 8.58. The normalized spacial score (nSPS) is 15.2. The zero-order chi connectivity index (χ0) is 23.0. The van der Waals surface area contributed by atoms with Gasteiger partial charge in [0.2, 0.25) is 0 Å². The Morgan fingerprint density at radius 2 is 1.81 bits per heavy atom. The molecule has 0 radical (unpaired) electrons. The molecule has 0 unspecified atom stereocenters. The Balaban J connectivity index is 1.72. The van der Waals surface area contributed by atoms with E-state index in [4.69, 9.17) is 39.8 Å². The molecule has 0 atom stereocenters. The summed E-state index contributed by atoms with van der Waals surface area (Å²) < 4.78 is 5.70. The average molecular weight is 487 g/mol. The van der Waals surface area contributed by atoms with E-state index in [1.807, 2.05) is 0 Å². The highest BCUT2D eigenvalue weighted by Gasteiger charge is 2.36. The summed E-state index contributed by atoms with van der Waals surface area (Å²) in [5.74, 6) is -2.10. The Hall–Kier alpha value is -3.46. The van der Waals surface area contributed by atoms with Crippen molar-refractivity contribution in [2.45, 2.75) is 0 Å². The minimum absolute atomic E-state index is 0.0552. The number of carbonyl (C=O) groups excluding carboxylic acids is 2. The quantitative estimate of drug-likeness (QED) is 0.312. The summed E-state index contributed by atoms with van der Waals surface area (Å²) in [6, 6.07) is 14.1. The van der Waals surface area contributed by atoms with Crippen LogP contribution in [0, 0.1) is 0 Å². The SMILES string of the molecule is O=C1NC(=S)N(c2cccc(Cl)c2Cl)C(=O)/C1=C/c1ccc(-c2ccccc2C(=O)O)o1. The van der Waals surface area contributed by atoms with Crippen molar-refractivity contribution in [2.75, 3.05) is 4.90 Å². The summed E-state index contributed by atoms with van der Waals surface area (Å²) >= 11 is 17.4. The lowest BCUT2D eigenvalue weighted by atomic mass is 10.1. The number of carboxylic acids is 1. The Kier molecular flexibility index (Phi) is 5.84. The number of anilines is 1. The molecule has 1 fully saturated rings. The van der Waals surface area contributed by atoms with Crippen molar-refractivity contribution in [3.8, 4) is 11.3 Å². The van der Waals surface area contributed by atoms with E-state index in [1.54, 1.807) is 42.5 Å². The Morgan fingerprint density at radius 1 is 1.06 bits per heavy atom. The molecule has 7 nitrogen and oxygen atoms in total. The van der Waals surface area contributed by atoms with Gasteiger partial charge in [-0.25, -0.2) is 4.79 Å². The van der Waals surface area contributed by atoms with Crippen LogP contribution in [0.15, 0.2) is 64.6 Å². The number of carboxylic acid groups (broad SMARTS) is 1. The van der Waals surface area contributed by atoms with Crippen LogP contribution in [0.1, 0.15) is 16.1 Å². The molecule has 1 aliphatic heterocycles. The van der Waals surface area contributed by atoms with E-state index in [0.717, 1.165) is 4.90 Å². The summed E-state index contributed by atoms with van der Waals surface area (Å²) in [5.41, 5.74) is 0.384. The molecule has 2 N–H and O–H groups in total. The molecular weight excluding hydrogens is 475 g/mol. The molecule has 1 saturated heterocycles. The third-order valence-corrected chi connectivity index (χ3v) is 5.70. The molecule has 10 heteroatoms. The van der Waals surface area contributed by atoms with Gasteiger partial charge >= 0.3 is 5.97 Å². The number of hydrogen-bond donors (Lipinski definition) is 2. The van der Waals surface area contributed by atoms with E-state index in [1.165, 1.54) is 18.2 Å². The fourth-order valence-electron chi connectivity index (χ4n) is 3.14. The van der Waals surface area contributed by atoms with Crippen LogP contribution < -0.4 is 10.2 Å². The molecular formula is C22H12Cl2N2O5S. The summed E-state index contributed by atoms with van der Waals surface area (Å²) in [4.78, 5) is 38.1. The standard InChI is InChI=1S/C22H12Cl2N2O5S/c23-15-6-3-7-16(18(15)24)26-20(28)14(19(27)25-22(26)32)10-11-8-9-17(31-11)12-4-1-2-5-13(12)21(29)30/h1-10H,(H,29,30)(H,25,27,32)/b14-10+. The third kappa shape index (κ3) is 3.91. The Morgan fingerprint density at radius 3 is 2.56 bits per heavy atom. The lowest BCUT2D eigenvalue weighted by Gasteiger charge is -2.29. The minimum Gasteiger partial charge on any atom is -0.478 e. The highest BCUT2D eigenvalue weighted by molar-refractivity contribution is 7.80. The number of furan rings is 1. The number of halogens is 2. The van der Waals surface area contributed by atoms with E-state index in [0.29, 0.717) is 5.56 Å². The molecule has 0 saturated carbocycles. The van der Waals surface area contributed by atoms with Gasteiger partial charge in [-0.15, -0.1) is 0 Å². The smallest absolute Gasteiger partial charge is 0.336 e. The first kappa shape index (κ1) is 21.8. The first-order chi connectivity index (χ1) is 15.3. The van der Waals surface area contributed by atoms with Crippen LogP contribution in [0.3, 0.4) is 0 Å². The lowest BCUT2D eigenvalue weighted by molar-refractivity contribution is -0.122. The molecule has 0 aliphatic carbocycles. The number of nitrogens with zero attached hydrogens (tertiary/aromatic N) is 1. The van der Waals surface area contributed by atoms with Crippen LogP contribution in [-0.4, -0.2) is 28.0 Å². The monoisotopic (exact) mass is 486 g/mol. The summed E-state index contributed by atoms with van der Waals surface area (Å²) in [6.07, 6.45) is 1.25. The van der Waals surface area contributed by atoms with Gasteiger partial charge in [-0.05, 0) is 48.6 Å².